The molecule has 8 heteroatoms. The number of nitrogen functional groups attached to an aromatic ring is 1. The van der Waals surface area contributed by atoms with Crippen molar-refractivity contribution in [3.63, 3.8) is 0 Å². The van der Waals surface area contributed by atoms with Crippen molar-refractivity contribution < 1.29 is 24.2 Å². The molecular weight excluding hydrogens is 422 g/mol. The Labute approximate surface area is 192 Å². The lowest BCUT2D eigenvalue weighted by molar-refractivity contribution is -0.137. The highest BCUT2D eigenvalue weighted by atomic mass is 16.5. The van der Waals surface area contributed by atoms with E-state index in [2.05, 4.69) is 6.58 Å². The molecule has 0 aliphatic rings. The molecule has 172 valence electrons. The fourth-order valence-corrected chi connectivity index (χ4v) is 3.00. The van der Waals surface area contributed by atoms with Crippen LogP contribution in [0.3, 0.4) is 0 Å². The minimum atomic E-state index is -0.903. The highest BCUT2D eigenvalue weighted by Gasteiger charge is 2.15. The van der Waals surface area contributed by atoms with E-state index in [0.717, 1.165) is 5.56 Å². The quantitative estimate of drug-likeness (QED) is 0.120. The van der Waals surface area contributed by atoms with E-state index in [1.54, 1.807) is 72.5 Å². The molecule has 0 saturated carbocycles. The number of hydrogen-bond acceptors (Lipinski definition) is 5. The van der Waals surface area contributed by atoms with Crippen LogP contribution in [0.1, 0.15) is 41.3 Å². The number of nitrogens with two attached hydrogens (primary N) is 1. The van der Waals surface area contributed by atoms with Gasteiger partial charge in [0.25, 0.3) is 0 Å². The molecule has 0 atom stereocenters. The van der Waals surface area contributed by atoms with E-state index >= 15 is 0 Å². The number of amides is 1. The van der Waals surface area contributed by atoms with Crippen molar-refractivity contribution in [3.05, 3.63) is 83.4 Å². The van der Waals surface area contributed by atoms with E-state index in [-0.39, 0.29) is 18.2 Å². The maximum absolute atomic E-state index is 12.7. The van der Waals surface area contributed by atoms with Gasteiger partial charge in [0.1, 0.15) is 11.6 Å². The molecule has 2 rings (SSSR count). The highest BCUT2D eigenvalue weighted by molar-refractivity contribution is 5.98. The Kier molecular flexibility index (Phi) is 9.11. The maximum Gasteiger partial charge on any atom is 0.343 e. The first-order valence-electron chi connectivity index (χ1n) is 10.3. The van der Waals surface area contributed by atoms with Gasteiger partial charge in [-0.05, 0) is 61.4 Å². The minimum Gasteiger partial charge on any atom is -0.481 e. The number of aliphatic carboxylic acids is 1. The molecule has 0 aliphatic carbocycles. The normalized spacial score (nSPS) is 10.9. The van der Waals surface area contributed by atoms with Crippen LogP contribution in [0, 0.1) is 5.41 Å². The van der Waals surface area contributed by atoms with E-state index in [1.807, 2.05) is 0 Å². The number of hydrogen-bond donors (Lipinski definition) is 3. The summed E-state index contributed by atoms with van der Waals surface area (Å²) >= 11 is 0. The third-order valence-electron chi connectivity index (χ3n) is 4.70. The molecule has 0 bridgehead atoms. The molecule has 0 fully saturated rings. The van der Waals surface area contributed by atoms with Gasteiger partial charge in [-0.2, -0.15) is 0 Å². The van der Waals surface area contributed by atoms with Gasteiger partial charge in [-0.3, -0.25) is 15.0 Å². The number of esters is 1. The van der Waals surface area contributed by atoms with Crippen LogP contribution in [0.2, 0.25) is 0 Å². The molecule has 1 amide bonds. The lowest BCUT2D eigenvalue weighted by Crippen LogP contribution is -2.33. The average molecular weight is 450 g/mol. The Bertz CT molecular complexity index is 1060. The van der Waals surface area contributed by atoms with Crippen molar-refractivity contribution in [3.8, 4) is 5.75 Å². The largest absolute Gasteiger partial charge is 0.481 e. The van der Waals surface area contributed by atoms with Gasteiger partial charge in [0.05, 0.1) is 5.56 Å². The Morgan fingerprint density at radius 1 is 1.09 bits per heavy atom. The number of amidine groups is 1. The van der Waals surface area contributed by atoms with Crippen LogP contribution < -0.4 is 10.5 Å². The standard InChI is InChI=1S/C25H27N3O5/c1-3-14-28(15-4-5-22(29)30)24(31)17(2)16-18-6-8-20(9-7-18)25(32)33-21-12-10-19(11-13-21)23(26)27/h3,6-13,16H,1,4-5,14-15H2,2H3,(H3,26,27)(H,29,30). The maximum atomic E-state index is 12.7. The minimum absolute atomic E-state index is 0.0118. The van der Waals surface area contributed by atoms with E-state index in [9.17, 15) is 14.4 Å². The van der Waals surface area contributed by atoms with E-state index in [1.165, 1.54) is 0 Å². The second-order valence-corrected chi connectivity index (χ2v) is 7.31. The fraction of sp³-hybridized carbons (Fsp3) is 0.200. The SMILES string of the molecule is C=CCN(CCCC(=O)O)C(=O)C(C)=Cc1ccc(C(=O)Oc2ccc(C(=N)N)cc2)cc1. The smallest absolute Gasteiger partial charge is 0.343 e. The van der Waals surface area contributed by atoms with Gasteiger partial charge in [-0.15, -0.1) is 6.58 Å². The fourth-order valence-electron chi connectivity index (χ4n) is 3.00. The Morgan fingerprint density at radius 2 is 1.70 bits per heavy atom. The summed E-state index contributed by atoms with van der Waals surface area (Å²) < 4.78 is 5.33. The predicted molar refractivity (Wildman–Crippen MR) is 126 cm³/mol. The van der Waals surface area contributed by atoms with Crippen LogP contribution in [-0.4, -0.2) is 46.8 Å². The van der Waals surface area contributed by atoms with Crippen molar-refractivity contribution in [2.45, 2.75) is 19.8 Å². The van der Waals surface area contributed by atoms with Crippen LogP contribution >= 0.6 is 0 Å². The highest BCUT2D eigenvalue weighted by Crippen LogP contribution is 2.16. The van der Waals surface area contributed by atoms with Crippen LogP contribution in [0.15, 0.2) is 66.8 Å². The van der Waals surface area contributed by atoms with Crippen LogP contribution in [0.4, 0.5) is 0 Å². The lowest BCUT2D eigenvalue weighted by atomic mass is 10.1. The van der Waals surface area contributed by atoms with Gasteiger partial charge in [0, 0.05) is 30.6 Å². The molecule has 0 aromatic heterocycles. The molecule has 0 unspecified atom stereocenters. The summed E-state index contributed by atoms with van der Waals surface area (Å²) in [4.78, 5) is 37.4. The molecule has 33 heavy (non-hydrogen) atoms. The zero-order valence-corrected chi connectivity index (χ0v) is 18.4. The van der Waals surface area contributed by atoms with Crippen molar-refractivity contribution in [2.24, 2.45) is 5.73 Å². The van der Waals surface area contributed by atoms with Crippen molar-refractivity contribution >= 4 is 29.8 Å². The Balaban J connectivity index is 2.03. The van der Waals surface area contributed by atoms with Crippen molar-refractivity contribution in [2.75, 3.05) is 13.1 Å². The summed E-state index contributed by atoms with van der Waals surface area (Å²) in [5, 5.41) is 16.2. The molecule has 2 aromatic carbocycles. The zero-order chi connectivity index (χ0) is 24.4. The molecule has 8 nitrogen and oxygen atoms in total. The molecule has 0 radical (unpaired) electrons. The Morgan fingerprint density at radius 3 is 2.24 bits per heavy atom. The molecule has 2 aromatic rings. The molecule has 0 spiro atoms. The summed E-state index contributed by atoms with van der Waals surface area (Å²) in [6.45, 7) is 5.97. The van der Waals surface area contributed by atoms with Crippen molar-refractivity contribution in [1.29, 1.82) is 5.41 Å². The number of rotatable bonds is 11. The average Bonchev–Trinajstić information content (AvgIpc) is 2.78. The number of carboxylic acid groups (broad SMARTS) is 1. The molecule has 0 aliphatic heterocycles. The number of ether oxygens (including phenoxy) is 1. The first-order valence-corrected chi connectivity index (χ1v) is 10.3. The molecule has 0 saturated heterocycles. The molecular formula is C25H27N3O5. The summed E-state index contributed by atoms with van der Waals surface area (Å²) in [5.74, 6) is -1.39. The van der Waals surface area contributed by atoms with Crippen LogP contribution in [-0.2, 0) is 9.59 Å². The first kappa shape index (κ1) is 25.1. The van der Waals surface area contributed by atoms with E-state index in [0.29, 0.717) is 42.0 Å². The third-order valence-corrected chi connectivity index (χ3v) is 4.70. The number of carbonyl (C=O) groups excluding carboxylic acids is 2. The van der Waals surface area contributed by atoms with Gasteiger partial charge < -0.3 is 20.5 Å². The monoisotopic (exact) mass is 449 g/mol. The number of nitrogens with zero attached hydrogens (tertiary/aromatic N) is 1. The third kappa shape index (κ3) is 7.77. The number of benzene rings is 2. The van der Waals surface area contributed by atoms with Crippen LogP contribution in [0.25, 0.3) is 6.08 Å². The van der Waals surface area contributed by atoms with Gasteiger partial charge in [-0.1, -0.05) is 18.2 Å². The second-order valence-electron chi connectivity index (χ2n) is 7.31. The number of carboxylic acids is 1. The van der Waals surface area contributed by atoms with Gasteiger partial charge in [0.2, 0.25) is 5.91 Å². The Hall–Kier alpha value is -4.20. The van der Waals surface area contributed by atoms with Gasteiger partial charge in [0.15, 0.2) is 0 Å². The summed E-state index contributed by atoms with van der Waals surface area (Å²) in [6.07, 6.45) is 3.64. The topological polar surface area (TPSA) is 134 Å². The number of nitrogens with one attached hydrogen (secondary N) is 1. The molecule has 0 heterocycles. The van der Waals surface area contributed by atoms with Crippen molar-refractivity contribution in [1.82, 2.24) is 4.90 Å². The molecule has 4 N–H and O–H groups in total. The predicted octanol–water partition coefficient (Wildman–Crippen LogP) is 3.47. The van der Waals surface area contributed by atoms with Gasteiger partial charge in [-0.25, -0.2) is 4.79 Å². The summed E-state index contributed by atoms with van der Waals surface area (Å²) in [7, 11) is 0. The van der Waals surface area contributed by atoms with Gasteiger partial charge >= 0.3 is 11.9 Å². The van der Waals surface area contributed by atoms with Crippen LogP contribution in [0.5, 0.6) is 5.75 Å². The van der Waals surface area contributed by atoms with E-state index < -0.39 is 11.9 Å². The zero-order valence-electron chi connectivity index (χ0n) is 18.4. The number of carbonyl (C=O) groups is 3. The lowest BCUT2D eigenvalue weighted by Gasteiger charge is -2.21. The van der Waals surface area contributed by atoms with E-state index in [4.69, 9.17) is 21.0 Å². The summed E-state index contributed by atoms with van der Waals surface area (Å²) in [6, 6.07) is 12.9. The summed E-state index contributed by atoms with van der Waals surface area (Å²) in [5.41, 5.74) is 7.49. The first-order chi connectivity index (χ1) is 15.7. The second kappa shape index (κ2) is 12.0.